The van der Waals surface area contributed by atoms with Crippen LogP contribution in [-0.2, 0) is 0 Å². The summed E-state index contributed by atoms with van der Waals surface area (Å²) in [5.74, 6) is -0.211. The Labute approximate surface area is 166 Å². The molecule has 0 radical (unpaired) electrons. The van der Waals surface area contributed by atoms with E-state index in [9.17, 15) is 9.59 Å². The molecule has 0 fully saturated rings. The second-order valence-electron chi connectivity index (χ2n) is 7.14. The molecule has 1 heterocycles. The van der Waals surface area contributed by atoms with E-state index in [-0.39, 0.29) is 17.7 Å². The van der Waals surface area contributed by atoms with Crippen molar-refractivity contribution in [2.24, 2.45) is 5.92 Å². The Morgan fingerprint density at radius 2 is 1.59 bits per heavy atom. The maximum atomic E-state index is 12.9. The molecule has 3 aromatic rings. The SMILES string of the molecule is CC(C)CN1C(=O)c2cccc3c(Nc4ccc(Br)cc4)ccc(c23)C1=O. The van der Waals surface area contributed by atoms with Crippen molar-refractivity contribution >= 4 is 49.9 Å². The van der Waals surface area contributed by atoms with Gasteiger partial charge >= 0.3 is 0 Å². The molecule has 0 aromatic heterocycles. The van der Waals surface area contributed by atoms with Crippen LogP contribution in [-0.4, -0.2) is 23.3 Å². The highest BCUT2D eigenvalue weighted by Crippen LogP contribution is 2.35. The molecular formula is C22H19BrN2O2. The second kappa shape index (κ2) is 6.82. The van der Waals surface area contributed by atoms with Gasteiger partial charge < -0.3 is 5.32 Å². The number of anilines is 2. The van der Waals surface area contributed by atoms with Crippen LogP contribution in [0.4, 0.5) is 11.4 Å². The molecule has 4 rings (SSSR count). The molecule has 5 heteroatoms. The fourth-order valence-electron chi connectivity index (χ4n) is 3.47. The fraction of sp³-hybridized carbons (Fsp3) is 0.182. The lowest BCUT2D eigenvalue weighted by molar-refractivity contribution is 0.0592. The minimum atomic E-state index is -0.215. The summed E-state index contributed by atoms with van der Waals surface area (Å²) in [6.07, 6.45) is 0. The number of benzene rings is 3. The molecule has 0 aliphatic carbocycles. The van der Waals surface area contributed by atoms with E-state index in [0.29, 0.717) is 17.7 Å². The first kappa shape index (κ1) is 17.7. The van der Waals surface area contributed by atoms with Gasteiger partial charge in [-0.3, -0.25) is 14.5 Å². The molecule has 0 unspecified atom stereocenters. The molecule has 4 nitrogen and oxygen atoms in total. The van der Waals surface area contributed by atoms with Crippen molar-refractivity contribution in [1.29, 1.82) is 0 Å². The zero-order chi connectivity index (χ0) is 19.1. The van der Waals surface area contributed by atoms with Crippen molar-refractivity contribution in [2.75, 3.05) is 11.9 Å². The number of rotatable bonds is 4. The van der Waals surface area contributed by atoms with E-state index >= 15 is 0 Å². The first-order chi connectivity index (χ1) is 13.0. The van der Waals surface area contributed by atoms with E-state index in [1.165, 1.54) is 4.90 Å². The van der Waals surface area contributed by atoms with E-state index in [4.69, 9.17) is 0 Å². The van der Waals surface area contributed by atoms with Gasteiger partial charge in [0.05, 0.1) is 0 Å². The van der Waals surface area contributed by atoms with Gasteiger partial charge in [-0.05, 0) is 48.4 Å². The zero-order valence-electron chi connectivity index (χ0n) is 15.1. The van der Waals surface area contributed by atoms with Gasteiger partial charge in [-0.1, -0.05) is 41.9 Å². The van der Waals surface area contributed by atoms with Gasteiger partial charge in [0.25, 0.3) is 11.8 Å². The van der Waals surface area contributed by atoms with Crippen molar-refractivity contribution in [1.82, 2.24) is 4.90 Å². The molecule has 0 atom stereocenters. The first-order valence-corrected chi connectivity index (χ1v) is 9.69. The molecular weight excluding hydrogens is 404 g/mol. The Morgan fingerprint density at radius 1 is 0.926 bits per heavy atom. The number of carbonyl (C=O) groups is 2. The van der Waals surface area contributed by atoms with E-state index in [1.807, 2.05) is 62.4 Å². The molecule has 0 bridgehead atoms. The van der Waals surface area contributed by atoms with Crippen LogP contribution in [0.25, 0.3) is 10.8 Å². The van der Waals surface area contributed by atoms with Crippen LogP contribution in [0, 0.1) is 5.92 Å². The van der Waals surface area contributed by atoms with Crippen LogP contribution in [0.3, 0.4) is 0 Å². The predicted octanol–water partition coefficient (Wildman–Crippen LogP) is 5.60. The minimum Gasteiger partial charge on any atom is -0.355 e. The number of imide groups is 1. The van der Waals surface area contributed by atoms with Crippen molar-refractivity contribution in [3.05, 3.63) is 70.2 Å². The molecule has 27 heavy (non-hydrogen) atoms. The Morgan fingerprint density at radius 3 is 2.26 bits per heavy atom. The van der Waals surface area contributed by atoms with Crippen molar-refractivity contribution < 1.29 is 9.59 Å². The van der Waals surface area contributed by atoms with Crippen LogP contribution in [0.15, 0.2) is 59.1 Å². The fourth-order valence-corrected chi connectivity index (χ4v) is 3.74. The predicted molar refractivity (Wildman–Crippen MR) is 112 cm³/mol. The van der Waals surface area contributed by atoms with Gasteiger partial charge in [0.1, 0.15) is 0 Å². The van der Waals surface area contributed by atoms with Gasteiger partial charge in [0.15, 0.2) is 0 Å². The van der Waals surface area contributed by atoms with Crippen molar-refractivity contribution in [3.63, 3.8) is 0 Å². The van der Waals surface area contributed by atoms with Gasteiger partial charge in [0, 0.05) is 44.3 Å². The molecule has 1 aliphatic heterocycles. The van der Waals surface area contributed by atoms with Gasteiger partial charge in [-0.25, -0.2) is 0 Å². The first-order valence-electron chi connectivity index (χ1n) is 8.90. The molecule has 0 saturated heterocycles. The number of carbonyl (C=O) groups excluding carboxylic acids is 2. The van der Waals surface area contributed by atoms with Gasteiger partial charge in [-0.2, -0.15) is 0 Å². The maximum absolute atomic E-state index is 12.9. The van der Waals surface area contributed by atoms with E-state index in [2.05, 4.69) is 21.2 Å². The standard InChI is InChI=1S/C22H19BrN2O2/c1-13(2)12-25-21(26)17-5-3-4-16-19(11-10-18(20(16)17)22(25)27)24-15-8-6-14(23)7-9-15/h3-11,13,24H,12H2,1-2H3. The lowest BCUT2D eigenvalue weighted by atomic mass is 9.92. The summed E-state index contributed by atoms with van der Waals surface area (Å²) in [6, 6.07) is 17.2. The third-order valence-electron chi connectivity index (χ3n) is 4.66. The molecule has 1 aliphatic rings. The smallest absolute Gasteiger partial charge is 0.261 e. The van der Waals surface area contributed by atoms with Crippen LogP contribution < -0.4 is 5.32 Å². The Bertz CT molecular complexity index is 1040. The third-order valence-corrected chi connectivity index (χ3v) is 5.19. The average molecular weight is 423 g/mol. The average Bonchev–Trinajstić information content (AvgIpc) is 2.65. The highest BCUT2D eigenvalue weighted by atomic mass is 79.9. The Balaban J connectivity index is 1.83. The van der Waals surface area contributed by atoms with E-state index < -0.39 is 0 Å². The molecule has 1 N–H and O–H groups in total. The molecule has 0 saturated carbocycles. The molecule has 136 valence electrons. The molecule has 0 spiro atoms. The number of nitrogens with one attached hydrogen (secondary N) is 1. The Kier molecular flexibility index (Phi) is 4.48. The van der Waals surface area contributed by atoms with Crippen LogP contribution in [0.5, 0.6) is 0 Å². The largest absolute Gasteiger partial charge is 0.355 e. The summed E-state index contributed by atoms with van der Waals surface area (Å²) in [6.45, 7) is 4.43. The zero-order valence-corrected chi connectivity index (χ0v) is 16.7. The van der Waals surface area contributed by atoms with Crippen LogP contribution >= 0.6 is 15.9 Å². The highest BCUT2D eigenvalue weighted by molar-refractivity contribution is 9.10. The molecule has 2 amide bonds. The van der Waals surface area contributed by atoms with Gasteiger partial charge in [0.2, 0.25) is 0 Å². The summed E-state index contributed by atoms with van der Waals surface area (Å²) in [7, 11) is 0. The number of amides is 2. The lowest BCUT2D eigenvalue weighted by Gasteiger charge is -2.29. The number of nitrogens with zero attached hydrogens (tertiary/aromatic N) is 1. The summed E-state index contributed by atoms with van der Waals surface area (Å²) in [4.78, 5) is 27.2. The summed E-state index contributed by atoms with van der Waals surface area (Å²) in [5.41, 5.74) is 2.98. The number of halogens is 1. The van der Waals surface area contributed by atoms with Crippen LogP contribution in [0.2, 0.25) is 0 Å². The van der Waals surface area contributed by atoms with Crippen molar-refractivity contribution in [3.8, 4) is 0 Å². The van der Waals surface area contributed by atoms with E-state index in [1.54, 1.807) is 6.07 Å². The number of hydrogen-bond donors (Lipinski definition) is 1. The topological polar surface area (TPSA) is 49.4 Å². The summed E-state index contributed by atoms with van der Waals surface area (Å²) < 4.78 is 1.01. The number of hydrogen-bond acceptors (Lipinski definition) is 3. The third kappa shape index (κ3) is 3.12. The lowest BCUT2D eigenvalue weighted by Crippen LogP contribution is -2.42. The normalized spacial score (nSPS) is 13.6. The van der Waals surface area contributed by atoms with Crippen LogP contribution in [0.1, 0.15) is 34.6 Å². The monoisotopic (exact) mass is 422 g/mol. The van der Waals surface area contributed by atoms with E-state index in [0.717, 1.165) is 26.6 Å². The molecule has 3 aromatic carbocycles. The van der Waals surface area contributed by atoms with Crippen molar-refractivity contribution in [2.45, 2.75) is 13.8 Å². The summed E-state index contributed by atoms with van der Waals surface area (Å²) in [5, 5.41) is 5.00. The maximum Gasteiger partial charge on any atom is 0.261 e. The second-order valence-corrected chi connectivity index (χ2v) is 8.05. The summed E-state index contributed by atoms with van der Waals surface area (Å²) >= 11 is 3.43. The Hall–Kier alpha value is -2.66. The quantitative estimate of drug-likeness (QED) is 0.556. The minimum absolute atomic E-state index is 0.215. The highest BCUT2D eigenvalue weighted by Gasteiger charge is 2.33. The van der Waals surface area contributed by atoms with Gasteiger partial charge in [-0.15, -0.1) is 0 Å².